The minimum Gasteiger partial charge on any atom is -0.335 e. The Morgan fingerprint density at radius 2 is 1.83 bits per heavy atom. The van der Waals surface area contributed by atoms with E-state index in [1.54, 1.807) is 0 Å². The van der Waals surface area contributed by atoms with Crippen LogP contribution in [0.15, 0.2) is 29.3 Å². The highest BCUT2D eigenvalue weighted by Gasteiger charge is 2.22. The van der Waals surface area contributed by atoms with Crippen molar-refractivity contribution in [1.82, 2.24) is 0 Å². The van der Waals surface area contributed by atoms with E-state index < -0.39 is 0 Å². The fourth-order valence-corrected chi connectivity index (χ4v) is 2.92. The van der Waals surface area contributed by atoms with E-state index in [4.69, 9.17) is 0 Å². The van der Waals surface area contributed by atoms with Crippen molar-refractivity contribution in [2.75, 3.05) is 11.9 Å². The number of nitrogens with one attached hydrogen (secondary N) is 1. The van der Waals surface area contributed by atoms with E-state index in [0.717, 1.165) is 17.4 Å². The van der Waals surface area contributed by atoms with Crippen molar-refractivity contribution < 1.29 is 0 Å². The van der Waals surface area contributed by atoms with Crippen molar-refractivity contribution in [2.24, 2.45) is 10.9 Å². The SMILES string of the molecule is CC(C)c1ccc(NC2=NCC(C(C)C)S2)cc1. The molecule has 1 heterocycles. The van der Waals surface area contributed by atoms with Gasteiger partial charge in [-0.05, 0) is 29.5 Å². The highest BCUT2D eigenvalue weighted by Crippen LogP contribution is 2.28. The van der Waals surface area contributed by atoms with Gasteiger partial charge >= 0.3 is 0 Å². The average Bonchev–Trinajstić information content (AvgIpc) is 2.78. The summed E-state index contributed by atoms with van der Waals surface area (Å²) in [6, 6.07) is 8.66. The Bertz CT molecular complexity index is 421. The topological polar surface area (TPSA) is 24.4 Å². The number of nitrogens with zero attached hydrogens (tertiary/aromatic N) is 1. The molecular formula is C15H22N2S. The minimum absolute atomic E-state index is 0.586. The molecule has 3 heteroatoms. The number of hydrogen-bond donors (Lipinski definition) is 1. The maximum absolute atomic E-state index is 4.56. The number of amidine groups is 1. The Balaban J connectivity index is 1.95. The second-order valence-electron chi connectivity index (χ2n) is 5.45. The summed E-state index contributed by atoms with van der Waals surface area (Å²) in [5.41, 5.74) is 2.51. The van der Waals surface area contributed by atoms with Gasteiger partial charge in [-0.3, -0.25) is 4.99 Å². The van der Waals surface area contributed by atoms with Crippen molar-refractivity contribution in [3.05, 3.63) is 29.8 Å². The van der Waals surface area contributed by atoms with Crippen LogP contribution in [0.25, 0.3) is 0 Å². The van der Waals surface area contributed by atoms with Gasteiger partial charge in [-0.25, -0.2) is 0 Å². The third-order valence-electron chi connectivity index (χ3n) is 3.25. The summed E-state index contributed by atoms with van der Waals surface area (Å²) >= 11 is 1.86. The molecule has 2 nitrogen and oxygen atoms in total. The molecule has 1 unspecified atom stereocenters. The lowest BCUT2D eigenvalue weighted by Gasteiger charge is -2.12. The molecule has 0 saturated heterocycles. The fraction of sp³-hybridized carbons (Fsp3) is 0.533. The highest BCUT2D eigenvalue weighted by atomic mass is 32.2. The van der Waals surface area contributed by atoms with Crippen LogP contribution in [0.5, 0.6) is 0 Å². The van der Waals surface area contributed by atoms with Crippen LogP contribution in [0.4, 0.5) is 5.69 Å². The first-order valence-corrected chi connectivity index (χ1v) is 7.52. The molecule has 0 amide bonds. The fourth-order valence-electron chi connectivity index (χ4n) is 1.88. The van der Waals surface area contributed by atoms with E-state index in [0.29, 0.717) is 17.1 Å². The monoisotopic (exact) mass is 262 g/mol. The molecule has 2 rings (SSSR count). The molecule has 0 saturated carbocycles. The molecule has 1 aliphatic rings. The number of thioether (sulfide) groups is 1. The van der Waals surface area contributed by atoms with E-state index in [9.17, 15) is 0 Å². The Kier molecular flexibility index (Phi) is 4.33. The predicted octanol–water partition coefficient (Wildman–Crippen LogP) is 4.35. The molecule has 1 aliphatic heterocycles. The first-order valence-electron chi connectivity index (χ1n) is 6.64. The van der Waals surface area contributed by atoms with E-state index in [2.05, 4.69) is 62.3 Å². The molecule has 98 valence electrons. The lowest BCUT2D eigenvalue weighted by atomic mass is 10.0. The third kappa shape index (κ3) is 3.29. The number of benzene rings is 1. The lowest BCUT2D eigenvalue weighted by molar-refractivity contribution is 0.621. The molecule has 1 atom stereocenters. The van der Waals surface area contributed by atoms with Crippen molar-refractivity contribution in [3.8, 4) is 0 Å². The zero-order valence-electron chi connectivity index (χ0n) is 11.6. The van der Waals surface area contributed by atoms with Crippen LogP contribution >= 0.6 is 11.8 Å². The van der Waals surface area contributed by atoms with Gasteiger partial charge in [-0.1, -0.05) is 51.6 Å². The van der Waals surface area contributed by atoms with Crippen LogP contribution in [0, 0.1) is 5.92 Å². The smallest absolute Gasteiger partial charge is 0.161 e. The summed E-state index contributed by atoms with van der Waals surface area (Å²) in [6.45, 7) is 9.88. The van der Waals surface area contributed by atoms with Gasteiger partial charge in [0, 0.05) is 10.9 Å². The van der Waals surface area contributed by atoms with Crippen LogP contribution in [0.3, 0.4) is 0 Å². The van der Waals surface area contributed by atoms with Crippen molar-refractivity contribution in [1.29, 1.82) is 0 Å². The number of anilines is 1. The summed E-state index contributed by atoms with van der Waals surface area (Å²) in [6.07, 6.45) is 0. The Morgan fingerprint density at radius 1 is 1.17 bits per heavy atom. The highest BCUT2D eigenvalue weighted by molar-refractivity contribution is 8.15. The first kappa shape index (κ1) is 13.5. The summed E-state index contributed by atoms with van der Waals surface area (Å²) in [5.74, 6) is 1.27. The van der Waals surface area contributed by atoms with Gasteiger partial charge in [0.05, 0.1) is 6.54 Å². The van der Waals surface area contributed by atoms with E-state index in [1.165, 1.54) is 5.56 Å². The minimum atomic E-state index is 0.586. The number of rotatable bonds is 3. The standard InChI is InChI=1S/C15H22N2S/c1-10(2)12-5-7-13(8-6-12)17-15-16-9-14(18-15)11(3)4/h5-8,10-11,14H,9H2,1-4H3,(H,16,17). The predicted molar refractivity (Wildman–Crippen MR) is 82.7 cm³/mol. The molecular weight excluding hydrogens is 240 g/mol. The number of hydrogen-bond acceptors (Lipinski definition) is 3. The molecule has 0 aromatic heterocycles. The van der Waals surface area contributed by atoms with Gasteiger partial charge in [0.2, 0.25) is 0 Å². The number of aliphatic imine (C=N–C) groups is 1. The molecule has 18 heavy (non-hydrogen) atoms. The second kappa shape index (κ2) is 5.79. The molecule has 0 spiro atoms. The van der Waals surface area contributed by atoms with Crippen LogP contribution in [0.1, 0.15) is 39.2 Å². The molecule has 0 radical (unpaired) electrons. The van der Waals surface area contributed by atoms with Crippen molar-refractivity contribution in [3.63, 3.8) is 0 Å². The van der Waals surface area contributed by atoms with Crippen LogP contribution < -0.4 is 5.32 Å². The zero-order chi connectivity index (χ0) is 13.1. The normalized spacial score (nSPS) is 19.4. The average molecular weight is 262 g/mol. The van der Waals surface area contributed by atoms with Gasteiger partial charge in [-0.15, -0.1) is 0 Å². The molecule has 0 fully saturated rings. The van der Waals surface area contributed by atoms with E-state index in [-0.39, 0.29) is 0 Å². The van der Waals surface area contributed by atoms with Crippen molar-refractivity contribution >= 4 is 22.6 Å². The second-order valence-corrected chi connectivity index (χ2v) is 6.68. The molecule has 1 N–H and O–H groups in total. The lowest BCUT2D eigenvalue weighted by Crippen LogP contribution is -2.13. The van der Waals surface area contributed by atoms with Gasteiger partial charge in [0.15, 0.2) is 5.17 Å². The van der Waals surface area contributed by atoms with Crippen molar-refractivity contribution in [2.45, 2.75) is 38.9 Å². The third-order valence-corrected chi connectivity index (χ3v) is 4.70. The largest absolute Gasteiger partial charge is 0.335 e. The molecule has 1 aromatic rings. The van der Waals surface area contributed by atoms with Gasteiger partial charge in [0.25, 0.3) is 0 Å². The first-order chi connectivity index (χ1) is 8.56. The van der Waals surface area contributed by atoms with Gasteiger partial charge in [0.1, 0.15) is 0 Å². The summed E-state index contributed by atoms with van der Waals surface area (Å²) in [7, 11) is 0. The van der Waals surface area contributed by atoms with E-state index in [1.807, 2.05) is 11.8 Å². The van der Waals surface area contributed by atoms with E-state index >= 15 is 0 Å². The molecule has 0 bridgehead atoms. The zero-order valence-corrected chi connectivity index (χ0v) is 12.4. The van der Waals surface area contributed by atoms with Crippen LogP contribution in [-0.2, 0) is 0 Å². The molecule has 1 aromatic carbocycles. The maximum atomic E-state index is 4.56. The van der Waals surface area contributed by atoms with Crippen LogP contribution in [0.2, 0.25) is 0 Å². The van der Waals surface area contributed by atoms with Gasteiger partial charge in [-0.2, -0.15) is 0 Å². The molecule has 0 aliphatic carbocycles. The quantitative estimate of drug-likeness (QED) is 0.875. The summed E-state index contributed by atoms with van der Waals surface area (Å²) in [4.78, 5) is 4.56. The van der Waals surface area contributed by atoms with Crippen LogP contribution in [-0.4, -0.2) is 17.0 Å². The Morgan fingerprint density at radius 3 is 2.33 bits per heavy atom. The maximum Gasteiger partial charge on any atom is 0.161 e. The summed E-state index contributed by atoms with van der Waals surface area (Å²) < 4.78 is 0. The summed E-state index contributed by atoms with van der Waals surface area (Å²) in [5, 5.41) is 5.09. The Labute approximate surface area is 114 Å². The Hall–Kier alpha value is -0.960. The van der Waals surface area contributed by atoms with Gasteiger partial charge < -0.3 is 5.32 Å².